The molecule has 1 nitrogen and oxygen atoms in total. The van der Waals surface area contributed by atoms with Crippen LogP contribution < -0.4 is 0 Å². The zero-order valence-corrected chi connectivity index (χ0v) is 14.1. The Kier molecular flexibility index (Phi) is 3.90. The second-order valence-electron chi connectivity index (χ2n) is 8.26. The van der Waals surface area contributed by atoms with E-state index in [1.54, 1.807) is 5.56 Å². The van der Waals surface area contributed by atoms with E-state index in [1.165, 1.54) is 25.7 Å². The van der Waals surface area contributed by atoms with Crippen molar-refractivity contribution in [1.29, 1.82) is 0 Å². The number of hydrogen-bond donors (Lipinski definition) is 0. The second-order valence-corrected chi connectivity index (χ2v) is 8.26. The summed E-state index contributed by atoms with van der Waals surface area (Å²) in [5.41, 5.74) is 2.36. The van der Waals surface area contributed by atoms with Gasteiger partial charge in [-0.3, -0.25) is 0 Å². The Morgan fingerprint density at radius 1 is 1.10 bits per heavy atom. The topological polar surface area (TPSA) is 9.23 Å². The monoisotopic (exact) mass is 286 g/mol. The van der Waals surface area contributed by atoms with E-state index in [1.807, 2.05) is 0 Å². The van der Waals surface area contributed by atoms with Crippen LogP contribution in [0.1, 0.15) is 58.9 Å². The maximum atomic E-state index is 6.15. The summed E-state index contributed by atoms with van der Waals surface area (Å²) in [6.07, 6.45) is 5.70. The summed E-state index contributed by atoms with van der Waals surface area (Å²) in [5.74, 6) is 1.39. The molecule has 3 rings (SSSR count). The lowest BCUT2D eigenvalue weighted by Crippen LogP contribution is -2.52. The highest BCUT2D eigenvalue weighted by atomic mass is 16.5. The van der Waals surface area contributed by atoms with Crippen LogP contribution in [0.3, 0.4) is 0 Å². The third-order valence-electron chi connectivity index (χ3n) is 5.77. The van der Waals surface area contributed by atoms with Crippen LogP contribution in [0.4, 0.5) is 0 Å². The van der Waals surface area contributed by atoms with Gasteiger partial charge in [-0.05, 0) is 60.8 Å². The van der Waals surface area contributed by atoms with Crippen molar-refractivity contribution in [2.45, 2.75) is 64.9 Å². The van der Waals surface area contributed by atoms with Gasteiger partial charge in [-0.1, -0.05) is 51.1 Å². The van der Waals surface area contributed by atoms with E-state index in [4.69, 9.17) is 4.74 Å². The van der Waals surface area contributed by atoms with E-state index in [-0.39, 0.29) is 0 Å². The normalized spacial score (nSPS) is 38.2. The number of fused-ring (bicyclic) bond motifs is 2. The van der Waals surface area contributed by atoms with E-state index < -0.39 is 0 Å². The van der Waals surface area contributed by atoms with Gasteiger partial charge in [0.05, 0.1) is 6.10 Å². The van der Waals surface area contributed by atoms with Crippen molar-refractivity contribution < 1.29 is 4.74 Å². The standard InChI is InChI=1S/C20H30O/c1-5-21-18-15(2)11-20(17-9-7-6-8-10-17)13-16(18)12-19(3,4)14-20/h6-10,15-16,18H,5,11-14H2,1-4H3. The van der Waals surface area contributed by atoms with Gasteiger partial charge in [0.25, 0.3) is 0 Å². The molecule has 0 aliphatic heterocycles. The van der Waals surface area contributed by atoms with E-state index in [2.05, 4.69) is 58.0 Å². The molecular weight excluding hydrogens is 256 g/mol. The minimum absolute atomic E-state index is 0.376. The van der Waals surface area contributed by atoms with Gasteiger partial charge < -0.3 is 4.74 Å². The Balaban J connectivity index is 1.97. The molecule has 0 saturated heterocycles. The van der Waals surface area contributed by atoms with Crippen LogP contribution in [0.5, 0.6) is 0 Å². The fraction of sp³-hybridized carbons (Fsp3) is 0.700. The van der Waals surface area contributed by atoms with E-state index in [9.17, 15) is 0 Å². The first-order chi connectivity index (χ1) is 9.96. The Morgan fingerprint density at radius 2 is 1.81 bits per heavy atom. The first-order valence-electron chi connectivity index (χ1n) is 8.63. The summed E-state index contributed by atoms with van der Waals surface area (Å²) in [4.78, 5) is 0. The largest absolute Gasteiger partial charge is 0.378 e. The molecule has 0 N–H and O–H groups in total. The number of benzene rings is 1. The molecule has 0 radical (unpaired) electrons. The first-order valence-corrected chi connectivity index (χ1v) is 8.63. The molecule has 4 unspecified atom stereocenters. The lowest BCUT2D eigenvalue weighted by atomic mass is 9.50. The smallest absolute Gasteiger partial charge is 0.0629 e. The molecule has 1 aromatic rings. The summed E-state index contributed by atoms with van der Waals surface area (Å²) < 4.78 is 6.15. The van der Waals surface area contributed by atoms with Crippen molar-refractivity contribution in [2.24, 2.45) is 17.3 Å². The maximum Gasteiger partial charge on any atom is 0.0629 e. The second kappa shape index (κ2) is 5.43. The highest BCUT2D eigenvalue weighted by Crippen LogP contribution is 2.58. The fourth-order valence-corrected chi connectivity index (χ4v) is 5.55. The van der Waals surface area contributed by atoms with Gasteiger partial charge in [-0.15, -0.1) is 0 Å². The van der Waals surface area contributed by atoms with E-state index >= 15 is 0 Å². The van der Waals surface area contributed by atoms with Gasteiger partial charge >= 0.3 is 0 Å². The van der Waals surface area contributed by atoms with Crippen LogP contribution in [-0.2, 0) is 10.2 Å². The van der Waals surface area contributed by atoms with Crippen molar-refractivity contribution >= 4 is 0 Å². The number of ether oxygens (including phenoxy) is 1. The van der Waals surface area contributed by atoms with Crippen LogP contribution in [0.25, 0.3) is 0 Å². The van der Waals surface area contributed by atoms with Crippen LogP contribution >= 0.6 is 0 Å². The molecule has 2 bridgehead atoms. The molecule has 2 aliphatic carbocycles. The third kappa shape index (κ3) is 2.77. The molecule has 0 amide bonds. The minimum atomic E-state index is 0.376. The molecular formula is C20H30O. The summed E-state index contributed by atoms with van der Waals surface area (Å²) in [7, 11) is 0. The predicted octanol–water partition coefficient (Wildman–Crippen LogP) is 5.20. The Morgan fingerprint density at radius 3 is 2.48 bits per heavy atom. The predicted molar refractivity (Wildman–Crippen MR) is 88.4 cm³/mol. The summed E-state index contributed by atoms with van der Waals surface area (Å²) in [6.45, 7) is 10.3. The zero-order chi connectivity index (χ0) is 15.1. The summed E-state index contributed by atoms with van der Waals surface area (Å²) in [6, 6.07) is 11.3. The van der Waals surface area contributed by atoms with Crippen molar-refractivity contribution in [1.82, 2.24) is 0 Å². The van der Waals surface area contributed by atoms with Crippen LogP contribution in [-0.4, -0.2) is 12.7 Å². The molecule has 2 aliphatic rings. The molecule has 0 spiro atoms. The molecule has 116 valence electrons. The van der Waals surface area contributed by atoms with Gasteiger partial charge in [0, 0.05) is 6.61 Å². The molecule has 4 atom stereocenters. The van der Waals surface area contributed by atoms with E-state index in [0.717, 1.165) is 12.5 Å². The average Bonchev–Trinajstić information content (AvgIpc) is 2.42. The van der Waals surface area contributed by atoms with Gasteiger partial charge in [-0.25, -0.2) is 0 Å². The zero-order valence-electron chi connectivity index (χ0n) is 14.1. The number of rotatable bonds is 3. The Labute approximate surface area is 130 Å². The fourth-order valence-electron chi connectivity index (χ4n) is 5.55. The third-order valence-corrected chi connectivity index (χ3v) is 5.77. The quantitative estimate of drug-likeness (QED) is 0.742. The van der Waals surface area contributed by atoms with E-state index in [0.29, 0.717) is 22.9 Å². The SMILES string of the molecule is CCOC1C(C)CC2(c3ccccc3)CC1CC(C)(C)C2. The summed E-state index contributed by atoms with van der Waals surface area (Å²) >= 11 is 0. The molecule has 1 heteroatoms. The lowest BCUT2D eigenvalue weighted by molar-refractivity contribution is -0.100. The van der Waals surface area contributed by atoms with Crippen LogP contribution in [0.15, 0.2) is 30.3 Å². The Hall–Kier alpha value is -0.820. The van der Waals surface area contributed by atoms with Crippen molar-refractivity contribution in [3.8, 4) is 0 Å². The highest BCUT2D eigenvalue weighted by molar-refractivity contribution is 5.29. The van der Waals surface area contributed by atoms with Crippen molar-refractivity contribution in [2.75, 3.05) is 6.61 Å². The average molecular weight is 286 g/mol. The molecule has 2 saturated carbocycles. The van der Waals surface area contributed by atoms with Gasteiger partial charge in [0.15, 0.2) is 0 Å². The number of hydrogen-bond acceptors (Lipinski definition) is 1. The highest BCUT2D eigenvalue weighted by Gasteiger charge is 2.52. The van der Waals surface area contributed by atoms with Crippen molar-refractivity contribution in [3.63, 3.8) is 0 Å². The molecule has 0 heterocycles. The molecule has 1 aromatic carbocycles. The van der Waals surface area contributed by atoms with Gasteiger partial charge in [0.1, 0.15) is 0 Å². The Bertz CT molecular complexity index is 474. The molecule has 21 heavy (non-hydrogen) atoms. The van der Waals surface area contributed by atoms with Gasteiger partial charge in [-0.2, -0.15) is 0 Å². The summed E-state index contributed by atoms with van der Waals surface area (Å²) in [5, 5.41) is 0. The van der Waals surface area contributed by atoms with Crippen LogP contribution in [0.2, 0.25) is 0 Å². The van der Waals surface area contributed by atoms with Crippen LogP contribution in [0, 0.1) is 17.3 Å². The first kappa shape index (κ1) is 15.1. The van der Waals surface area contributed by atoms with Gasteiger partial charge in [0.2, 0.25) is 0 Å². The lowest BCUT2D eigenvalue weighted by Gasteiger charge is -2.56. The molecule has 2 fully saturated rings. The minimum Gasteiger partial charge on any atom is -0.378 e. The maximum absolute atomic E-state index is 6.15. The molecule has 0 aromatic heterocycles. The van der Waals surface area contributed by atoms with Crippen molar-refractivity contribution in [3.05, 3.63) is 35.9 Å².